The van der Waals surface area contributed by atoms with E-state index < -0.39 is 5.60 Å². The highest BCUT2D eigenvalue weighted by Gasteiger charge is 2.15. The van der Waals surface area contributed by atoms with Crippen LogP contribution in [0.25, 0.3) is 0 Å². The van der Waals surface area contributed by atoms with E-state index in [1.165, 1.54) is 0 Å². The molecule has 2 N–H and O–H groups in total. The van der Waals surface area contributed by atoms with Gasteiger partial charge in [0, 0.05) is 25.0 Å². The molecule has 0 aromatic carbocycles. The summed E-state index contributed by atoms with van der Waals surface area (Å²) < 4.78 is 5.16. The normalized spacial score (nSPS) is 12.8. The summed E-state index contributed by atoms with van der Waals surface area (Å²) in [6.45, 7) is 10.9. The van der Waals surface area contributed by atoms with Crippen molar-refractivity contribution < 1.29 is 9.53 Å². The molecule has 1 rings (SSSR count). The van der Waals surface area contributed by atoms with Gasteiger partial charge in [-0.1, -0.05) is 0 Å². The molecule has 0 radical (unpaired) electrons. The van der Waals surface area contributed by atoms with Crippen LogP contribution in [-0.4, -0.2) is 34.8 Å². The Morgan fingerprint density at radius 2 is 1.95 bits per heavy atom. The van der Waals surface area contributed by atoms with E-state index in [1.54, 1.807) is 12.4 Å². The molecule has 1 unspecified atom stereocenters. The summed E-state index contributed by atoms with van der Waals surface area (Å²) in [4.78, 5) is 20.0. The van der Waals surface area contributed by atoms with E-state index in [1.807, 2.05) is 27.7 Å². The second-order valence-electron chi connectivity index (χ2n) is 5.99. The van der Waals surface area contributed by atoms with Crippen LogP contribution >= 0.6 is 0 Å². The van der Waals surface area contributed by atoms with Crippen LogP contribution in [0.15, 0.2) is 12.4 Å². The number of aromatic nitrogens is 2. The lowest BCUT2D eigenvalue weighted by atomic mass is 10.2. The van der Waals surface area contributed by atoms with Crippen LogP contribution in [0.3, 0.4) is 0 Å². The summed E-state index contributed by atoms with van der Waals surface area (Å²) in [5.74, 6) is 0. The summed E-state index contributed by atoms with van der Waals surface area (Å²) in [5, 5.41) is 6.10. The standard InChI is InChI=1S/C15H26N4O2/c1-11(13-12(2)17-9-10-18-13)16-7-6-8-19-14(20)21-15(3,4)5/h9-11,16H,6-8H2,1-5H3,(H,19,20). The van der Waals surface area contributed by atoms with Crippen LogP contribution < -0.4 is 10.6 Å². The first-order chi connectivity index (χ1) is 9.79. The molecule has 6 heteroatoms. The molecular formula is C15H26N4O2. The Morgan fingerprint density at radius 3 is 2.57 bits per heavy atom. The second kappa shape index (κ2) is 7.93. The van der Waals surface area contributed by atoms with Crippen molar-refractivity contribution in [1.82, 2.24) is 20.6 Å². The Labute approximate surface area is 126 Å². The van der Waals surface area contributed by atoms with E-state index in [0.717, 1.165) is 24.4 Å². The summed E-state index contributed by atoms with van der Waals surface area (Å²) >= 11 is 0. The van der Waals surface area contributed by atoms with Crippen molar-refractivity contribution in [3.8, 4) is 0 Å². The van der Waals surface area contributed by atoms with E-state index in [0.29, 0.717) is 6.54 Å². The number of nitrogens with one attached hydrogen (secondary N) is 2. The number of carbonyl (C=O) groups excluding carboxylic acids is 1. The molecule has 1 aromatic heterocycles. The van der Waals surface area contributed by atoms with Gasteiger partial charge < -0.3 is 15.4 Å². The molecule has 0 spiro atoms. The number of hydrogen-bond acceptors (Lipinski definition) is 5. The predicted molar refractivity (Wildman–Crippen MR) is 82.0 cm³/mol. The van der Waals surface area contributed by atoms with Crippen LogP contribution in [0, 0.1) is 6.92 Å². The third kappa shape index (κ3) is 7.04. The smallest absolute Gasteiger partial charge is 0.407 e. The lowest BCUT2D eigenvalue weighted by molar-refractivity contribution is 0.0527. The number of alkyl carbamates (subject to hydrolysis) is 1. The molecule has 0 fully saturated rings. The summed E-state index contributed by atoms with van der Waals surface area (Å²) in [6, 6.07) is 0.139. The molecule has 0 aliphatic carbocycles. The van der Waals surface area contributed by atoms with Gasteiger partial charge in [-0.3, -0.25) is 9.97 Å². The SMILES string of the molecule is Cc1nccnc1C(C)NCCCNC(=O)OC(C)(C)C. The second-order valence-corrected chi connectivity index (χ2v) is 5.99. The number of ether oxygens (including phenoxy) is 1. The van der Waals surface area contributed by atoms with Crippen molar-refractivity contribution in [2.45, 2.75) is 52.7 Å². The van der Waals surface area contributed by atoms with Gasteiger partial charge in [0.25, 0.3) is 0 Å². The number of carbonyl (C=O) groups is 1. The Hall–Kier alpha value is -1.69. The van der Waals surface area contributed by atoms with Crippen LogP contribution in [0.1, 0.15) is 51.5 Å². The van der Waals surface area contributed by atoms with Crippen molar-refractivity contribution in [1.29, 1.82) is 0 Å². The van der Waals surface area contributed by atoms with Gasteiger partial charge in [0.2, 0.25) is 0 Å². The highest BCUT2D eigenvalue weighted by atomic mass is 16.6. The molecule has 0 saturated heterocycles. The predicted octanol–water partition coefficient (Wildman–Crippen LogP) is 2.35. The van der Waals surface area contributed by atoms with E-state index in [-0.39, 0.29) is 12.1 Å². The van der Waals surface area contributed by atoms with Crippen LogP contribution in [-0.2, 0) is 4.74 Å². The molecule has 0 aliphatic heterocycles. The highest BCUT2D eigenvalue weighted by molar-refractivity contribution is 5.67. The molecule has 1 aromatic rings. The van der Waals surface area contributed by atoms with Crippen molar-refractivity contribution in [3.63, 3.8) is 0 Å². The molecule has 1 heterocycles. The molecule has 0 aliphatic rings. The lowest BCUT2D eigenvalue weighted by Crippen LogP contribution is -2.34. The Balaban J connectivity index is 2.20. The average Bonchev–Trinajstić information content (AvgIpc) is 2.36. The topological polar surface area (TPSA) is 76.1 Å². The molecule has 6 nitrogen and oxygen atoms in total. The highest BCUT2D eigenvalue weighted by Crippen LogP contribution is 2.11. The summed E-state index contributed by atoms with van der Waals surface area (Å²) in [6.07, 6.45) is 3.84. The van der Waals surface area contributed by atoms with Crippen LogP contribution in [0.4, 0.5) is 4.79 Å². The fourth-order valence-corrected chi connectivity index (χ4v) is 1.85. The van der Waals surface area contributed by atoms with E-state index >= 15 is 0 Å². The number of amides is 1. The number of rotatable bonds is 6. The van der Waals surface area contributed by atoms with Gasteiger partial charge in [-0.2, -0.15) is 0 Å². The fourth-order valence-electron chi connectivity index (χ4n) is 1.85. The molecule has 21 heavy (non-hydrogen) atoms. The number of hydrogen-bond donors (Lipinski definition) is 2. The van der Waals surface area contributed by atoms with Crippen LogP contribution in [0.2, 0.25) is 0 Å². The minimum atomic E-state index is -0.458. The molecule has 0 saturated carbocycles. The average molecular weight is 294 g/mol. The zero-order chi connectivity index (χ0) is 15.9. The van der Waals surface area contributed by atoms with Gasteiger partial charge in [-0.25, -0.2) is 4.79 Å². The van der Waals surface area contributed by atoms with Crippen molar-refractivity contribution in [2.75, 3.05) is 13.1 Å². The van der Waals surface area contributed by atoms with Gasteiger partial charge in [0.05, 0.1) is 11.4 Å². The zero-order valence-electron chi connectivity index (χ0n) is 13.6. The first kappa shape index (κ1) is 17.4. The molecule has 118 valence electrons. The van der Waals surface area contributed by atoms with Crippen molar-refractivity contribution in [2.24, 2.45) is 0 Å². The quantitative estimate of drug-likeness (QED) is 0.788. The number of nitrogens with zero attached hydrogens (tertiary/aromatic N) is 2. The van der Waals surface area contributed by atoms with E-state index in [4.69, 9.17) is 4.74 Å². The van der Waals surface area contributed by atoms with Gasteiger partial charge in [0.1, 0.15) is 5.60 Å². The van der Waals surface area contributed by atoms with E-state index in [9.17, 15) is 4.79 Å². The van der Waals surface area contributed by atoms with Crippen molar-refractivity contribution in [3.05, 3.63) is 23.8 Å². The summed E-state index contributed by atoms with van der Waals surface area (Å²) in [7, 11) is 0. The minimum absolute atomic E-state index is 0.139. The van der Waals surface area contributed by atoms with E-state index in [2.05, 4.69) is 27.5 Å². The maximum atomic E-state index is 11.4. The fraction of sp³-hybridized carbons (Fsp3) is 0.667. The monoisotopic (exact) mass is 294 g/mol. The first-order valence-corrected chi connectivity index (χ1v) is 7.27. The van der Waals surface area contributed by atoms with Gasteiger partial charge in [-0.05, 0) is 47.6 Å². The number of aryl methyl sites for hydroxylation is 1. The largest absolute Gasteiger partial charge is 0.444 e. The first-order valence-electron chi connectivity index (χ1n) is 7.27. The minimum Gasteiger partial charge on any atom is -0.444 e. The Morgan fingerprint density at radius 1 is 1.29 bits per heavy atom. The van der Waals surface area contributed by atoms with Gasteiger partial charge in [-0.15, -0.1) is 0 Å². The Bertz CT molecular complexity index is 457. The Kier molecular flexibility index (Phi) is 6.55. The van der Waals surface area contributed by atoms with Gasteiger partial charge >= 0.3 is 6.09 Å². The molecule has 1 amide bonds. The third-order valence-corrected chi connectivity index (χ3v) is 2.80. The third-order valence-electron chi connectivity index (χ3n) is 2.80. The lowest BCUT2D eigenvalue weighted by Gasteiger charge is -2.20. The molecule has 0 bridgehead atoms. The van der Waals surface area contributed by atoms with Crippen LogP contribution in [0.5, 0.6) is 0 Å². The zero-order valence-corrected chi connectivity index (χ0v) is 13.6. The molecule has 1 atom stereocenters. The maximum Gasteiger partial charge on any atom is 0.407 e. The maximum absolute atomic E-state index is 11.4. The van der Waals surface area contributed by atoms with Crippen molar-refractivity contribution >= 4 is 6.09 Å². The van der Waals surface area contributed by atoms with Gasteiger partial charge in [0.15, 0.2) is 0 Å². The molecular weight excluding hydrogens is 268 g/mol. The summed E-state index contributed by atoms with van der Waals surface area (Å²) in [5.41, 5.74) is 1.43.